The van der Waals surface area contributed by atoms with E-state index in [0.717, 1.165) is 12.0 Å². The number of nitrogens with one attached hydrogen (secondary N) is 1. The molecular weight excluding hydrogens is 316 g/mol. The molecule has 0 aliphatic carbocycles. The van der Waals surface area contributed by atoms with Crippen molar-refractivity contribution >= 4 is 28.7 Å². The van der Waals surface area contributed by atoms with Gasteiger partial charge in [-0.3, -0.25) is 0 Å². The molecular formula is C20H25N2OS+. The first-order chi connectivity index (χ1) is 11.6. The number of likely N-dealkylation sites (N-methyl/N-ethyl adjacent to an activating group) is 1. The van der Waals surface area contributed by atoms with Crippen LogP contribution in [0.3, 0.4) is 0 Å². The van der Waals surface area contributed by atoms with Crippen molar-refractivity contribution in [2.75, 3.05) is 6.54 Å². The van der Waals surface area contributed by atoms with Crippen molar-refractivity contribution in [2.24, 2.45) is 0 Å². The summed E-state index contributed by atoms with van der Waals surface area (Å²) in [6.45, 7) is 7.07. The minimum absolute atomic E-state index is 0.174. The summed E-state index contributed by atoms with van der Waals surface area (Å²) >= 11 is 5.47. The monoisotopic (exact) mass is 341 g/mol. The lowest BCUT2D eigenvalue weighted by Crippen LogP contribution is -2.40. The predicted octanol–water partition coefficient (Wildman–Crippen LogP) is 4.31. The van der Waals surface area contributed by atoms with Crippen LogP contribution in [0.15, 0.2) is 54.9 Å². The van der Waals surface area contributed by atoms with Gasteiger partial charge < -0.3 is 10.4 Å². The molecule has 3 nitrogen and oxygen atoms in total. The Bertz CT molecular complexity index is 708. The largest absolute Gasteiger partial charge is 0.502 e. The molecule has 0 aliphatic rings. The van der Waals surface area contributed by atoms with E-state index in [1.807, 2.05) is 54.2 Å². The number of thiocarbonyl (C=S) groups is 1. The Morgan fingerprint density at radius 1 is 1.12 bits per heavy atom. The second-order valence-corrected chi connectivity index (χ2v) is 6.18. The number of hydrogen-bond acceptors (Lipinski definition) is 2. The van der Waals surface area contributed by atoms with Crippen molar-refractivity contribution in [1.29, 1.82) is 0 Å². The molecule has 0 saturated heterocycles. The van der Waals surface area contributed by atoms with Gasteiger partial charge in [0.15, 0.2) is 23.1 Å². The van der Waals surface area contributed by atoms with E-state index in [1.54, 1.807) is 0 Å². The molecule has 126 valence electrons. The molecule has 2 N–H and O–H groups in total. The SMILES string of the molecule is CCNC(=S)C(=C(O)c1ccc([C@@H](C)CC)cc1)[n+]1ccccc1. The van der Waals surface area contributed by atoms with Gasteiger partial charge in [-0.2, -0.15) is 4.57 Å². The summed E-state index contributed by atoms with van der Waals surface area (Å²) in [5.74, 6) is 0.684. The summed E-state index contributed by atoms with van der Waals surface area (Å²) in [6, 6.07) is 13.8. The van der Waals surface area contributed by atoms with Gasteiger partial charge in [-0.1, -0.05) is 56.4 Å². The van der Waals surface area contributed by atoms with E-state index in [2.05, 4.69) is 31.3 Å². The van der Waals surface area contributed by atoms with E-state index in [4.69, 9.17) is 12.2 Å². The van der Waals surface area contributed by atoms with Gasteiger partial charge in [0.1, 0.15) is 0 Å². The van der Waals surface area contributed by atoms with Crippen LogP contribution in [0.2, 0.25) is 0 Å². The zero-order chi connectivity index (χ0) is 17.5. The van der Waals surface area contributed by atoms with Crippen molar-refractivity contribution in [1.82, 2.24) is 5.32 Å². The molecule has 1 aromatic heterocycles. The van der Waals surface area contributed by atoms with E-state index in [-0.39, 0.29) is 5.76 Å². The zero-order valence-corrected chi connectivity index (χ0v) is 15.3. The topological polar surface area (TPSA) is 36.1 Å². The Kier molecular flexibility index (Phi) is 6.50. The van der Waals surface area contributed by atoms with Crippen LogP contribution in [0, 0.1) is 0 Å². The van der Waals surface area contributed by atoms with Crippen molar-refractivity contribution in [3.05, 3.63) is 66.0 Å². The van der Waals surface area contributed by atoms with Gasteiger partial charge in [-0.25, -0.2) is 0 Å². The smallest absolute Gasteiger partial charge is 0.287 e. The van der Waals surface area contributed by atoms with Crippen molar-refractivity contribution < 1.29 is 9.67 Å². The third-order valence-corrected chi connectivity index (χ3v) is 4.45. The van der Waals surface area contributed by atoms with Crippen LogP contribution < -0.4 is 9.88 Å². The molecule has 4 heteroatoms. The summed E-state index contributed by atoms with van der Waals surface area (Å²) < 4.78 is 1.84. The third kappa shape index (κ3) is 4.20. The number of aliphatic hydroxyl groups is 1. The Morgan fingerprint density at radius 3 is 2.29 bits per heavy atom. The summed E-state index contributed by atoms with van der Waals surface area (Å²) in [5.41, 5.74) is 2.62. The first kappa shape index (κ1) is 18.1. The molecule has 0 unspecified atom stereocenters. The molecule has 1 aromatic carbocycles. The Morgan fingerprint density at radius 2 is 1.75 bits per heavy atom. The Balaban J connectivity index is 2.47. The van der Waals surface area contributed by atoms with E-state index >= 15 is 0 Å². The lowest BCUT2D eigenvalue weighted by molar-refractivity contribution is -0.576. The molecule has 0 saturated carbocycles. The highest BCUT2D eigenvalue weighted by atomic mass is 32.1. The lowest BCUT2D eigenvalue weighted by Gasteiger charge is -2.11. The predicted molar refractivity (Wildman–Crippen MR) is 104 cm³/mol. The minimum Gasteiger partial charge on any atom is -0.502 e. The van der Waals surface area contributed by atoms with Crippen molar-refractivity contribution in [2.45, 2.75) is 33.1 Å². The second-order valence-electron chi connectivity index (χ2n) is 5.77. The number of aromatic nitrogens is 1. The number of pyridine rings is 1. The second kappa shape index (κ2) is 8.60. The molecule has 0 aliphatic heterocycles. The molecule has 0 spiro atoms. The van der Waals surface area contributed by atoms with Gasteiger partial charge in [-0.05, 0) is 24.8 Å². The molecule has 24 heavy (non-hydrogen) atoms. The van der Waals surface area contributed by atoms with Gasteiger partial charge in [0.2, 0.25) is 0 Å². The van der Waals surface area contributed by atoms with Crippen molar-refractivity contribution in [3.63, 3.8) is 0 Å². The highest BCUT2D eigenvalue weighted by Crippen LogP contribution is 2.22. The number of rotatable bonds is 6. The number of nitrogens with zero attached hydrogens (tertiary/aromatic N) is 1. The Hall–Kier alpha value is -2.20. The molecule has 0 radical (unpaired) electrons. The minimum atomic E-state index is 0.174. The number of hydrogen-bond donors (Lipinski definition) is 2. The van der Waals surface area contributed by atoms with Gasteiger partial charge in [0.25, 0.3) is 5.70 Å². The van der Waals surface area contributed by atoms with E-state index in [1.165, 1.54) is 5.56 Å². The first-order valence-electron chi connectivity index (χ1n) is 8.36. The van der Waals surface area contributed by atoms with Gasteiger partial charge in [0.05, 0.1) is 0 Å². The molecule has 0 amide bonds. The summed E-state index contributed by atoms with van der Waals surface area (Å²) in [4.78, 5) is 0.525. The fourth-order valence-corrected chi connectivity index (χ4v) is 2.83. The fourth-order valence-electron chi connectivity index (χ4n) is 2.48. The molecule has 0 bridgehead atoms. The standard InChI is InChI=1S/C20H24N2OS/c1-4-15(3)16-9-11-17(12-10-16)19(23)18(20(24)21-5-2)22-13-7-6-8-14-22/h6-15H,4-5H2,1-3H3,(H-,21,23,24)/p+1/t15-/m0/s1. The average Bonchev–Trinajstić information content (AvgIpc) is 2.62. The quantitative estimate of drug-likeness (QED) is 0.356. The van der Waals surface area contributed by atoms with Crippen LogP contribution in [0.4, 0.5) is 0 Å². The first-order valence-corrected chi connectivity index (χ1v) is 8.77. The third-order valence-electron chi connectivity index (χ3n) is 4.12. The lowest BCUT2D eigenvalue weighted by atomic mass is 9.97. The van der Waals surface area contributed by atoms with Gasteiger partial charge in [-0.15, -0.1) is 0 Å². The van der Waals surface area contributed by atoms with Crippen LogP contribution in [0.5, 0.6) is 0 Å². The number of aliphatic hydroxyl groups excluding tert-OH is 1. The maximum Gasteiger partial charge on any atom is 0.287 e. The highest BCUT2D eigenvalue weighted by molar-refractivity contribution is 7.81. The van der Waals surface area contributed by atoms with Gasteiger partial charge >= 0.3 is 0 Å². The molecule has 1 atom stereocenters. The van der Waals surface area contributed by atoms with Crippen LogP contribution >= 0.6 is 12.2 Å². The maximum atomic E-state index is 10.8. The maximum absolute atomic E-state index is 10.8. The normalized spacial score (nSPS) is 13.1. The van der Waals surface area contributed by atoms with E-state index in [9.17, 15) is 5.11 Å². The molecule has 2 aromatic rings. The molecule has 0 fully saturated rings. The molecule has 1 heterocycles. The Labute approximate surface area is 149 Å². The number of benzene rings is 1. The summed E-state index contributed by atoms with van der Waals surface area (Å²) in [5, 5.41) is 14.0. The summed E-state index contributed by atoms with van der Waals surface area (Å²) in [7, 11) is 0. The molecule has 2 rings (SSSR count). The highest BCUT2D eigenvalue weighted by Gasteiger charge is 2.22. The fraction of sp³-hybridized carbons (Fsp3) is 0.300. The van der Waals surface area contributed by atoms with E-state index in [0.29, 0.717) is 23.1 Å². The summed E-state index contributed by atoms with van der Waals surface area (Å²) in [6.07, 6.45) is 4.85. The van der Waals surface area contributed by atoms with Crippen LogP contribution in [-0.2, 0) is 0 Å². The van der Waals surface area contributed by atoms with E-state index < -0.39 is 0 Å². The zero-order valence-electron chi connectivity index (χ0n) is 14.5. The van der Waals surface area contributed by atoms with Gasteiger partial charge in [0, 0.05) is 24.2 Å². The van der Waals surface area contributed by atoms with Crippen LogP contribution in [0.1, 0.15) is 44.2 Å². The average molecular weight is 342 g/mol. The van der Waals surface area contributed by atoms with Crippen LogP contribution in [-0.4, -0.2) is 16.6 Å². The van der Waals surface area contributed by atoms with Crippen molar-refractivity contribution in [3.8, 4) is 0 Å². The van der Waals surface area contributed by atoms with Crippen LogP contribution in [0.25, 0.3) is 11.5 Å².